The van der Waals surface area contributed by atoms with E-state index < -0.39 is 0 Å². The van der Waals surface area contributed by atoms with E-state index >= 15 is 0 Å². The number of benzene rings is 1. The van der Waals surface area contributed by atoms with Crippen LogP contribution >= 0.6 is 0 Å². The number of nitriles is 1. The van der Waals surface area contributed by atoms with Crippen molar-refractivity contribution in [3.05, 3.63) is 58.9 Å². The van der Waals surface area contributed by atoms with Gasteiger partial charge in [0.1, 0.15) is 24.1 Å². The van der Waals surface area contributed by atoms with Crippen molar-refractivity contribution in [1.29, 1.82) is 5.26 Å². The van der Waals surface area contributed by atoms with Crippen LogP contribution in [0.25, 0.3) is 0 Å². The summed E-state index contributed by atoms with van der Waals surface area (Å²) in [6.07, 6.45) is 3.53. The van der Waals surface area contributed by atoms with Crippen LogP contribution in [-0.2, 0) is 13.0 Å². The monoisotopic (exact) mass is 265 g/mol. The fourth-order valence-corrected chi connectivity index (χ4v) is 2.60. The second-order valence-electron chi connectivity index (χ2n) is 4.88. The Morgan fingerprint density at radius 3 is 3.10 bits per heavy atom. The van der Waals surface area contributed by atoms with Gasteiger partial charge in [0.05, 0.1) is 0 Å². The van der Waals surface area contributed by atoms with Crippen molar-refractivity contribution in [2.24, 2.45) is 5.73 Å². The van der Waals surface area contributed by atoms with E-state index in [1.54, 1.807) is 6.20 Å². The second kappa shape index (κ2) is 5.32. The number of fused-ring (bicyclic) bond motifs is 1. The van der Waals surface area contributed by atoms with Crippen LogP contribution < -0.4 is 10.5 Å². The molecule has 1 aliphatic rings. The molecule has 0 radical (unpaired) electrons. The van der Waals surface area contributed by atoms with Crippen molar-refractivity contribution in [2.45, 2.75) is 25.5 Å². The first-order valence-corrected chi connectivity index (χ1v) is 6.63. The quantitative estimate of drug-likeness (QED) is 0.925. The lowest BCUT2D eigenvalue weighted by molar-refractivity contribution is 0.302. The third kappa shape index (κ3) is 2.24. The minimum Gasteiger partial charge on any atom is -0.489 e. The zero-order valence-electron chi connectivity index (χ0n) is 11.0. The van der Waals surface area contributed by atoms with Crippen molar-refractivity contribution in [3.8, 4) is 11.8 Å². The molecule has 3 rings (SSSR count). The Morgan fingerprint density at radius 1 is 1.35 bits per heavy atom. The third-order valence-electron chi connectivity index (χ3n) is 3.65. The summed E-state index contributed by atoms with van der Waals surface area (Å²) in [7, 11) is 0. The van der Waals surface area contributed by atoms with Crippen LogP contribution in [0, 0.1) is 11.3 Å². The first-order chi connectivity index (χ1) is 9.79. The average molecular weight is 265 g/mol. The van der Waals surface area contributed by atoms with Gasteiger partial charge >= 0.3 is 0 Å². The molecule has 2 aromatic rings. The Morgan fingerprint density at radius 2 is 2.25 bits per heavy atom. The lowest BCUT2D eigenvalue weighted by Crippen LogP contribution is -2.05. The van der Waals surface area contributed by atoms with Crippen LogP contribution in [0.4, 0.5) is 0 Å². The smallest absolute Gasteiger partial charge is 0.147 e. The summed E-state index contributed by atoms with van der Waals surface area (Å²) < 4.78 is 5.88. The predicted molar refractivity (Wildman–Crippen MR) is 75.0 cm³/mol. The number of nitrogens with zero attached hydrogens (tertiary/aromatic N) is 2. The highest BCUT2D eigenvalue weighted by Crippen LogP contribution is 2.35. The fourth-order valence-electron chi connectivity index (χ4n) is 2.60. The largest absolute Gasteiger partial charge is 0.489 e. The molecule has 4 heteroatoms. The summed E-state index contributed by atoms with van der Waals surface area (Å²) in [6.45, 7) is 0.350. The topological polar surface area (TPSA) is 71.9 Å². The van der Waals surface area contributed by atoms with E-state index in [1.807, 2.05) is 24.3 Å². The molecule has 1 atom stereocenters. The summed E-state index contributed by atoms with van der Waals surface area (Å²) in [5, 5.41) is 9.02. The molecule has 1 aromatic carbocycles. The van der Waals surface area contributed by atoms with Crippen molar-refractivity contribution in [3.63, 3.8) is 0 Å². The SMILES string of the molecule is N#Cc1ncccc1COc1cccc2c1CCC2N. The first-order valence-electron chi connectivity index (χ1n) is 6.63. The molecule has 4 nitrogen and oxygen atoms in total. The van der Waals surface area contributed by atoms with Crippen molar-refractivity contribution in [2.75, 3.05) is 0 Å². The van der Waals surface area contributed by atoms with Gasteiger partial charge in [-0.05, 0) is 36.1 Å². The zero-order chi connectivity index (χ0) is 13.9. The Hall–Kier alpha value is -2.38. The molecule has 0 fully saturated rings. The molecule has 1 aliphatic carbocycles. The minimum atomic E-state index is 0.113. The molecular formula is C16H15N3O. The highest BCUT2D eigenvalue weighted by Gasteiger charge is 2.22. The molecular weight excluding hydrogens is 250 g/mol. The summed E-state index contributed by atoms with van der Waals surface area (Å²) in [5.41, 5.74) is 9.65. The van der Waals surface area contributed by atoms with E-state index in [4.69, 9.17) is 15.7 Å². The van der Waals surface area contributed by atoms with E-state index in [0.29, 0.717) is 12.3 Å². The summed E-state index contributed by atoms with van der Waals surface area (Å²) in [6, 6.07) is 11.8. The van der Waals surface area contributed by atoms with Crippen molar-refractivity contribution in [1.82, 2.24) is 4.98 Å². The van der Waals surface area contributed by atoms with Gasteiger partial charge in [0.25, 0.3) is 0 Å². The number of nitrogens with two attached hydrogens (primary N) is 1. The maximum absolute atomic E-state index is 9.02. The van der Waals surface area contributed by atoms with E-state index in [9.17, 15) is 0 Å². The average Bonchev–Trinajstić information content (AvgIpc) is 2.88. The van der Waals surface area contributed by atoms with Gasteiger partial charge in [0.15, 0.2) is 0 Å². The Bertz CT molecular complexity index is 676. The molecule has 2 N–H and O–H groups in total. The van der Waals surface area contributed by atoms with E-state index in [2.05, 4.69) is 17.1 Å². The van der Waals surface area contributed by atoms with Crippen LogP contribution in [0.15, 0.2) is 36.5 Å². The maximum atomic E-state index is 9.02. The highest BCUT2D eigenvalue weighted by atomic mass is 16.5. The number of ether oxygens (including phenoxy) is 1. The molecule has 1 aromatic heterocycles. The summed E-state index contributed by atoms with van der Waals surface area (Å²) in [4.78, 5) is 4.03. The molecule has 0 bridgehead atoms. The lowest BCUT2D eigenvalue weighted by atomic mass is 10.1. The van der Waals surface area contributed by atoms with Gasteiger partial charge in [0.2, 0.25) is 0 Å². The summed E-state index contributed by atoms with van der Waals surface area (Å²) >= 11 is 0. The molecule has 0 spiro atoms. The van der Waals surface area contributed by atoms with Gasteiger partial charge < -0.3 is 10.5 Å². The number of pyridine rings is 1. The van der Waals surface area contributed by atoms with E-state index in [0.717, 1.165) is 24.2 Å². The van der Waals surface area contributed by atoms with Gasteiger partial charge in [-0.3, -0.25) is 0 Å². The highest BCUT2D eigenvalue weighted by molar-refractivity contribution is 5.45. The molecule has 100 valence electrons. The first kappa shape index (κ1) is 12.6. The Balaban J connectivity index is 1.82. The normalized spacial score (nSPS) is 16.5. The van der Waals surface area contributed by atoms with Gasteiger partial charge in [0, 0.05) is 17.8 Å². The van der Waals surface area contributed by atoms with E-state index in [1.165, 1.54) is 11.1 Å². The number of hydrogen-bond donors (Lipinski definition) is 1. The fraction of sp³-hybridized carbons (Fsp3) is 0.250. The second-order valence-corrected chi connectivity index (χ2v) is 4.88. The molecule has 1 unspecified atom stereocenters. The Kier molecular flexibility index (Phi) is 3.36. The molecule has 1 heterocycles. The molecule has 0 saturated carbocycles. The van der Waals surface area contributed by atoms with Gasteiger partial charge in [-0.25, -0.2) is 4.98 Å². The molecule has 20 heavy (non-hydrogen) atoms. The maximum Gasteiger partial charge on any atom is 0.147 e. The molecule has 0 amide bonds. The lowest BCUT2D eigenvalue weighted by Gasteiger charge is -2.12. The van der Waals surface area contributed by atoms with Gasteiger partial charge in [-0.1, -0.05) is 18.2 Å². The number of aromatic nitrogens is 1. The molecule has 0 saturated heterocycles. The van der Waals surface area contributed by atoms with Crippen molar-refractivity contribution >= 4 is 0 Å². The summed E-state index contributed by atoms with van der Waals surface area (Å²) in [5.74, 6) is 0.864. The van der Waals surface area contributed by atoms with E-state index in [-0.39, 0.29) is 6.04 Å². The predicted octanol–water partition coefficient (Wildman–Crippen LogP) is 2.48. The number of rotatable bonds is 3. The van der Waals surface area contributed by atoms with Crippen molar-refractivity contribution < 1.29 is 4.74 Å². The zero-order valence-corrected chi connectivity index (χ0v) is 11.0. The van der Waals surface area contributed by atoms with Crippen LogP contribution in [0.3, 0.4) is 0 Å². The standard InChI is InChI=1S/C16H15N3O/c17-9-15-11(3-2-8-19-15)10-20-16-5-1-4-12-13(16)6-7-14(12)18/h1-5,8,14H,6-7,10,18H2. The Labute approximate surface area is 117 Å². The van der Waals surface area contributed by atoms with Crippen LogP contribution in [0.5, 0.6) is 5.75 Å². The molecule has 0 aliphatic heterocycles. The van der Waals surface area contributed by atoms with Gasteiger partial charge in [-0.2, -0.15) is 5.26 Å². The number of hydrogen-bond acceptors (Lipinski definition) is 4. The van der Waals surface area contributed by atoms with Crippen LogP contribution in [0.2, 0.25) is 0 Å². The minimum absolute atomic E-state index is 0.113. The van der Waals surface area contributed by atoms with Gasteiger partial charge in [-0.15, -0.1) is 0 Å². The van der Waals surface area contributed by atoms with Crippen LogP contribution in [-0.4, -0.2) is 4.98 Å². The van der Waals surface area contributed by atoms with Crippen LogP contribution in [0.1, 0.15) is 34.8 Å². The third-order valence-corrected chi connectivity index (χ3v) is 3.65.